The first kappa shape index (κ1) is 18.2. The Labute approximate surface area is 161 Å². The molecule has 0 fully saturated rings. The van der Waals surface area contributed by atoms with Gasteiger partial charge >= 0.3 is 0 Å². The molecule has 2 aromatic carbocycles. The van der Waals surface area contributed by atoms with E-state index in [1.807, 2.05) is 31.2 Å². The van der Waals surface area contributed by atoms with Crippen LogP contribution in [0, 0.1) is 6.92 Å². The summed E-state index contributed by atoms with van der Waals surface area (Å²) in [6.45, 7) is 2.43. The number of rotatable bonds is 5. The molecule has 1 heterocycles. The molecular weight excluding hydrogens is 371 g/mol. The third-order valence-corrected chi connectivity index (χ3v) is 4.25. The monoisotopic (exact) mass is 386 g/mol. The molecule has 0 bridgehead atoms. The minimum absolute atomic E-state index is 0.239. The zero-order chi connectivity index (χ0) is 18.5. The smallest absolute Gasteiger partial charge is 0.270 e. The number of amides is 1. The second-order valence-electron chi connectivity index (χ2n) is 5.66. The van der Waals surface area contributed by atoms with Gasteiger partial charge in [-0.3, -0.25) is 4.79 Å². The van der Waals surface area contributed by atoms with Gasteiger partial charge in [-0.15, -0.1) is 0 Å². The van der Waals surface area contributed by atoms with Crippen LogP contribution in [0.4, 0.5) is 11.6 Å². The highest BCUT2D eigenvalue weighted by molar-refractivity contribution is 6.39. The largest absolute Gasteiger partial charge is 0.347 e. The van der Waals surface area contributed by atoms with Crippen LogP contribution in [0.15, 0.2) is 54.7 Å². The molecule has 3 rings (SSSR count). The third kappa shape index (κ3) is 4.50. The van der Waals surface area contributed by atoms with Crippen LogP contribution in [0.5, 0.6) is 0 Å². The Kier molecular flexibility index (Phi) is 5.71. The number of hydrogen-bond acceptors (Lipinski definition) is 4. The molecule has 0 unspecified atom stereocenters. The molecule has 0 spiro atoms. The number of nitrogens with one attached hydrogen (secondary N) is 2. The van der Waals surface area contributed by atoms with Crippen LogP contribution in [0.3, 0.4) is 0 Å². The van der Waals surface area contributed by atoms with Crippen molar-refractivity contribution in [1.29, 1.82) is 0 Å². The van der Waals surface area contributed by atoms with Crippen molar-refractivity contribution in [2.45, 2.75) is 13.5 Å². The number of carbonyl (C=O) groups excluding carboxylic acids is 1. The molecule has 1 aromatic heterocycles. The highest BCUT2D eigenvalue weighted by atomic mass is 35.5. The number of para-hydroxylation sites is 1. The van der Waals surface area contributed by atoms with Gasteiger partial charge in [0.05, 0.1) is 15.7 Å². The minimum Gasteiger partial charge on any atom is -0.347 e. The molecule has 5 nitrogen and oxygen atoms in total. The number of aromatic nitrogens is 2. The summed E-state index contributed by atoms with van der Waals surface area (Å²) < 4.78 is 0. The third-order valence-electron chi connectivity index (χ3n) is 3.62. The van der Waals surface area contributed by atoms with Gasteiger partial charge in [-0.1, -0.05) is 59.1 Å². The molecule has 0 aliphatic heterocycles. The van der Waals surface area contributed by atoms with Crippen molar-refractivity contribution in [1.82, 2.24) is 15.3 Å². The quantitative estimate of drug-likeness (QED) is 0.662. The molecule has 7 heteroatoms. The number of halogens is 2. The lowest BCUT2D eigenvalue weighted by molar-refractivity contribution is 0.0946. The van der Waals surface area contributed by atoms with Crippen molar-refractivity contribution >= 4 is 40.7 Å². The molecule has 3 aromatic rings. The van der Waals surface area contributed by atoms with E-state index in [2.05, 4.69) is 20.6 Å². The standard InChI is InChI=1S/C19H16Cl2N4O/c1-12-4-2-5-13(10-12)11-23-18(26)16-8-9-22-19(24-16)25-17-14(20)6-3-7-15(17)21/h2-10H,11H2,1H3,(H,23,26)(H,22,24,25). The predicted molar refractivity (Wildman–Crippen MR) is 104 cm³/mol. The van der Waals surface area contributed by atoms with Crippen LogP contribution in [0.25, 0.3) is 0 Å². The van der Waals surface area contributed by atoms with E-state index in [4.69, 9.17) is 23.2 Å². The topological polar surface area (TPSA) is 66.9 Å². The van der Waals surface area contributed by atoms with Gasteiger partial charge in [0.1, 0.15) is 5.69 Å². The number of anilines is 2. The first-order valence-electron chi connectivity index (χ1n) is 7.91. The Balaban J connectivity index is 1.71. The Bertz CT molecular complexity index is 926. The van der Waals surface area contributed by atoms with E-state index >= 15 is 0 Å². The molecule has 0 aliphatic carbocycles. The van der Waals surface area contributed by atoms with E-state index in [1.165, 1.54) is 6.20 Å². The molecule has 1 amide bonds. The normalized spacial score (nSPS) is 10.4. The minimum atomic E-state index is -0.290. The lowest BCUT2D eigenvalue weighted by Gasteiger charge is -2.10. The van der Waals surface area contributed by atoms with Gasteiger partial charge in [0.2, 0.25) is 5.95 Å². The van der Waals surface area contributed by atoms with Crippen LogP contribution < -0.4 is 10.6 Å². The first-order valence-corrected chi connectivity index (χ1v) is 8.66. The lowest BCUT2D eigenvalue weighted by atomic mass is 10.1. The summed E-state index contributed by atoms with van der Waals surface area (Å²) in [6.07, 6.45) is 1.50. The number of hydrogen-bond donors (Lipinski definition) is 2. The van der Waals surface area contributed by atoms with Crippen molar-refractivity contribution in [3.63, 3.8) is 0 Å². The Morgan fingerprint density at radius 1 is 1.08 bits per heavy atom. The molecule has 0 saturated heterocycles. The average Bonchev–Trinajstić information content (AvgIpc) is 2.63. The van der Waals surface area contributed by atoms with Crippen molar-refractivity contribution in [3.05, 3.63) is 81.6 Å². The van der Waals surface area contributed by atoms with Gasteiger partial charge in [0.15, 0.2) is 0 Å². The van der Waals surface area contributed by atoms with Crippen molar-refractivity contribution < 1.29 is 4.79 Å². The maximum Gasteiger partial charge on any atom is 0.270 e. The highest BCUT2D eigenvalue weighted by Crippen LogP contribution is 2.31. The zero-order valence-corrected chi connectivity index (χ0v) is 15.5. The molecule has 26 heavy (non-hydrogen) atoms. The van der Waals surface area contributed by atoms with Gasteiger partial charge in [0, 0.05) is 12.7 Å². The van der Waals surface area contributed by atoms with Gasteiger partial charge in [-0.2, -0.15) is 0 Å². The summed E-state index contributed by atoms with van der Waals surface area (Å²) in [5, 5.41) is 6.68. The maximum absolute atomic E-state index is 12.4. The van der Waals surface area contributed by atoms with Crippen LogP contribution >= 0.6 is 23.2 Å². The summed E-state index contributed by atoms with van der Waals surface area (Å²) in [6, 6.07) is 14.6. The van der Waals surface area contributed by atoms with Crippen molar-refractivity contribution in [3.8, 4) is 0 Å². The van der Waals surface area contributed by atoms with E-state index in [-0.39, 0.29) is 17.5 Å². The molecular formula is C19H16Cl2N4O. The maximum atomic E-state index is 12.4. The van der Waals surface area contributed by atoms with Crippen molar-refractivity contribution in [2.75, 3.05) is 5.32 Å². The predicted octanol–water partition coefficient (Wildman–Crippen LogP) is 4.77. The van der Waals surface area contributed by atoms with E-state index in [1.54, 1.807) is 24.3 Å². The fourth-order valence-corrected chi connectivity index (χ4v) is 2.86. The number of aryl methyl sites for hydroxylation is 1. The summed E-state index contributed by atoms with van der Waals surface area (Å²) in [5.74, 6) is -0.0505. The molecule has 0 atom stereocenters. The summed E-state index contributed by atoms with van der Waals surface area (Å²) in [4.78, 5) is 20.7. The molecule has 2 N–H and O–H groups in total. The highest BCUT2D eigenvalue weighted by Gasteiger charge is 2.11. The van der Waals surface area contributed by atoms with Crippen molar-refractivity contribution in [2.24, 2.45) is 0 Å². The van der Waals surface area contributed by atoms with Gasteiger partial charge in [-0.25, -0.2) is 9.97 Å². The second-order valence-corrected chi connectivity index (χ2v) is 6.47. The van der Waals surface area contributed by atoms with Gasteiger partial charge in [0.25, 0.3) is 5.91 Å². The van der Waals surface area contributed by atoms with Gasteiger partial charge < -0.3 is 10.6 Å². The molecule has 0 radical (unpaired) electrons. The Morgan fingerprint density at radius 2 is 1.81 bits per heavy atom. The summed E-state index contributed by atoms with van der Waals surface area (Å²) >= 11 is 12.3. The second kappa shape index (κ2) is 8.17. The number of nitrogens with zero attached hydrogens (tertiary/aromatic N) is 2. The molecule has 0 saturated carbocycles. The van der Waals surface area contributed by atoms with Crippen LogP contribution in [0.2, 0.25) is 10.0 Å². The Hall–Kier alpha value is -2.63. The Morgan fingerprint density at radius 3 is 2.54 bits per heavy atom. The SMILES string of the molecule is Cc1cccc(CNC(=O)c2ccnc(Nc3c(Cl)cccc3Cl)n2)c1. The fourth-order valence-electron chi connectivity index (χ4n) is 2.37. The van der Waals surface area contributed by atoms with Crippen LogP contribution in [0.1, 0.15) is 21.6 Å². The lowest BCUT2D eigenvalue weighted by Crippen LogP contribution is -2.24. The van der Waals surface area contributed by atoms with Gasteiger partial charge in [-0.05, 0) is 30.7 Å². The zero-order valence-electron chi connectivity index (χ0n) is 14.0. The number of benzene rings is 2. The van der Waals surface area contributed by atoms with Crippen LogP contribution in [-0.2, 0) is 6.54 Å². The van der Waals surface area contributed by atoms with Crippen LogP contribution in [-0.4, -0.2) is 15.9 Å². The average molecular weight is 387 g/mol. The van der Waals surface area contributed by atoms with E-state index in [0.717, 1.165) is 11.1 Å². The van der Waals surface area contributed by atoms with E-state index < -0.39 is 0 Å². The van der Waals surface area contributed by atoms with E-state index in [0.29, 0.717) is 22.3 Å². The summed E-state index contributed by atoms with van der Waals surface area (Å²) in [5.41, 5.74) is 2.90. The summed E-state index contributed by atoms with van der Waals surface area (Å²) in [7, 11) is 0. The fraction of sp³-hybridized carbons (Fsp3) is 0.105. The van der Waals surface area contributed by atoms with E-state index in [9.17, 15) is 4.79 Å². The molecule has 132 valence electrons. The first-order chi connectivity index (χ1) is 12.5. The molecule has 0 aliphatic rings. The number of carbonyl (C=O) groups is 1.